The van der Waals surface area contributed by atoms with Gasteiger partial charge >= 0.3 is 0 Å². The van der Waals surface area contributed by atoms with E-state index >= 15 is 0 Å². The normalized spacial score (nSPS) is 13.6. The molecular weight excluding hydrogens is 146 g/mol. The molecule has 0 radical (unpaired) electrons. The Morgan fingerprint density at radius 3 is 2.25 bits per heavy atom. The predicted octanol–water partition coefficient (Wildman–Crippen LogP) is 2.98. The van der Waals surface area contributed by atoms with Gasteiger partial charge in [0.25, 0.3) is 0 Å². The average Bonchev–Trinajstić information content (AvgIpc) is 1.96. The fraction of sp³-hybridized carbons (Fsp3) is 0.818. The molecule has 1 heteroatoms. The van der Waals surface area contributed by atoms with Crippen LogP contribution >= 0.6 is 0 Å². The van der Waals surface area contributed by atoms with Gasteiger partial charge in [-0.2, -0.15) is 0 Å². The largest absolute Gasteiger partial charge is 0.316 e. The minimum Gasteiger partial charge on any atom is -0.316 e. The van der Waals surface area contributed by atoms with E-state index in [2.05, 4.69) is 39.1 Å². The first kappa shape index (κ1) is 11.7. The van der Waals surface area contributed by atoms with Gasteiger partial charge in [0.15, 0.2) is 0 Å². The maximum absolute atomic E-state index is 3.19. The van der Waals surface area contributed by atoms with Crippen molar-refractivity contribution in [3.8, 4) is 0 Å². The molecule has 0 atom stereocenters. The van der Waals surface area contributed by atoms with Crippen LogP contribution in [0.5, 0.6) is 0 Å². The van der Waals surface area contributed by atoms with Crippen molar-refractivity contribution in [1.82, 2.24) is 5.32 Å². The van der Waals surface area contributed by atoms with E-state index in [1.54, 1.807) is 0 Å². The quantitative estimate of drug-likeness (QED) is 0.638. The van der Waals surface area contributed by atoms with Crippen molar-refractivity contribution >= 4 is 0 Å². The fourth-order valence-corrected chi connectivity index (χ4v) is 1.10. The Balaban J connectivity index is 3.74. The van der Waals surface area contributed by atoms with E-state index in [0.29, 0.717) is 5.41 Å². The van der Waals surface area contributed by atoms with E-state index in [1.165, 1.54) is 18.4 Å². The highest BCUT2D eigenvalue weighted by Crippen LogP contribution is 2.22. The van der Waals surface area contributed by atoms with Gasteiger partial charge in [0.05, 0.1) is 0 Å². The number of hydrogen-bond acceptors (Lipinski definition) is 1. The van der Waals surface area contributed by atoms with E-state index in [1.807, 2.05) is 7.05 Å². The van der Waals surface area contributed by atoms with Crippen LogP contribution in [0.25, 0.3) is 0 Å². The molecule has 0 aliphatic carbocycles. The van der Waals surface area contributed by atoms with Crippen LogP contribution in [0.1, 0.15) is 40.5 Å². The van der Waals surface area contributed by atoms with E-state index in [-0.39, 0.29) is 0 Å². The van der Waals surface area contributed by atoms with Gasteiger partial charge in [-0.15, -0.1) is 0 Å². The van der Waals surface area contributed by atoms with Crippen LogP contribution in [0, 0.1) is 5.41 Å². The van der Waals surface area contributed by atoms with E-state index < -0.39 is 0 Å². The molecule has 0 aliphatic rings. The van der Waals surface area contributed by atoms with Gasteiger partial charge in [0.2, 0.25) is 0 Å². The van der Waals surface area contributed by atoms with Crippen LogP contribution in [-0.4, -0.2) is 13.6 Å². The van der Waals surface area contributed by atoms with Gasteiger partial charge in [-0.1, -0.05) is 32.4 Å². The number of nitrogens with one attached hydrogen (secondary N) is 1. The van der Waals surface area contributed by atoms with Crippen molar-refractivity contribution in [3.05, 3.63) is 11.6 Å². The van der Waals surface area contributed by atoms with Gasteiger partial charge in [-0.3, -0.25) is 0 Å². The minimum absolute atomic E-state index is 0.460. The molecule has 0 unspecified atom stereocenters. The van der Waals surface area contributed by atoms with Crippen molar-refractivity contribution in [2.24, 2.45) is 5.41 Å². The zero-order valence-corrected chi connectivity index (χ0v) is 9.20. The van der Waals surface area contributed by atoms with Crippen molar-refractivity contribution < 1.29 is 0 Å². The lowest BCUT2D eigenvalue weighted by atomic mass is 9.88. The second-order valence-corrected chi connectivity index (χ2v) is 4.54. The summed E-state index contributed by atoms with van der Waals surface area (Å²) in [6.45, 7) is 10.0. The molecule has 0 amide bonds. The first-order valence-corrected chi connectivity index (χ1v) is 4.78. The van der Waals surface area contributed by atoms with Gasteiger partial charge in [-0.25, -0.2) is 0 Å². The monoisotopic (exact) mass is 169 g/mol. The first-order chi connectivity index (χ1) is 5.49. The second kappa shape index (κ2) is 5.36. The Morgan fingerprint density at radius 2 is 1.92 bits per heavy atom. The third kappa shape index (κ3) is 6.41. The van der Waals surface area contributed by atoms with E-state index in [0.717, 1.165) is 6.54 Å². The Bertz CT molecular complexity index is 140. The molecule has 0 bridgehead atoms. The van der Waals surface area contributed by atoms with Crippen molar-refractivity contribution in [1.29, 1.82) is 0 Å². The lowest BCUT2D eigenvalue weighted by Crippen LogP contribution is -2.13. The first-order valence-electron chi connectivity index (χ1n) is 4.78. The van der Waals surface area contributed by atoms with Gasteiger partial charge < -0.3 is 5.32 Å². The topological polar surface area (TPSA) is 12.0 Å². The third-order valence-corrected chi connectivity index (χ3v) is 2.01. The molecule has 1 nitrogen and oxygen atoms in total. The van der Waals surface area contributed by atoms with Crippen LogP contribution in [0.2, 0.25) is 0 Å². The van der Waals surface area contributed by atoms with Gasteiger partial charge in [0, 0.05) is 6.54 Å². The summed E-state index contributed by atoms with van der Waals surface area (Å²) < 4.78 is 0. The molecule has 0 rings (SSSR count). The van der Waals surface area contributed by atoms with E-state index in [4.69, 9.17) is 0 Å². The maximum Gasteiger partial charge on any atom is 0.0161 e. The van der Waals surface area contributed by atoms with Crippen LogP contribution in [-0.2, 0) is 0 Å². The zero-order valence-electron chi connectivity index (χ0n) is 9.20. The standard InChI is InChI=1S/C11H23N/c1-6-10(9-12-5)7-8-11(2,3)4/h6,12H,7-9H2,1-5H3/b10-6-. The van der Waals surface area contributed by atoms with E-state index in [9.17, 15) is 0 Å². The second-order valence-electron chi connectivity index (χ2n) is 4.54. The van der Waals surface area contributed by atoms with Crippen LogP contribution in [0.15, 0.2) is 11.6 Å². The van der Waals surface area contributed by atoms with Crippen molar-refractivity contribution in [2.45, 2.75) is 40.5 Å². The van der Waals surface area contributed by atoms with Gasteiger partial charge in [-0.05, 0) is 32.2 Å². The zero-order chi connectivity index (χ0) is 9.61. The van der Waals surface area contributed by atoms with Crippen LogP contribution < -0.4 is 5.32 Å². The summed E-state index contributed by atoms with van der Waals surface area (Å²) in [5.74, 6) is 0. The smallest absolute Gasteiger partial charge is 0.0161 e. The summed E-state index contributed by atoms with van der Waals surface area (Å²) >= 11 is 0. The average molecular weight is 169 g/mol. The number of rotatable bonds is 4. The highest BCUT2D eigenvalue weighted by Gasteiger charge is 2.10. The van der Waals surface area contributed by atoms with Crippen LogP contribution in [0.4, 0.5) is 0 Å². The summed E-state index contributed by atoms with van der Waals surface area (Å²) in [4.78, 5) is 0. The number of hydrogen-bond donors (Lipinski definition) is 1. The number of allylic oxidation sites excluding steroid dienone is 1. The molecule has 12 heavy (non-hydrogen) atoms. The summed E-state index contributed by atoms with van der Waals surface area (Å²) in [7, 11) is 2.00. The predicted molar refractivity (Wildman–Crippen MR) is 56.4 cm³/mol. The maximum atomic E-state index is 3.19. The summed E-state index contributed by atoms with van der Waals surface area (Å²) in [5.41, 5.74) is 1.98. The molecule has 0 aromatic heterocycles. The molecular formula is C11H23N. The third-order valence-electron chi connectivity index (χ3n) is 2.01. The lowest BCUT2D eigenvalue weighted by Gasteiger charge is -2.18. The highest BCUT2D eigenvalue weighted by molar-refractivity contribution is 5.02. The molecule has 0 aliphatic heterocycles. The molecule has 0 heterocycles. The minimum atomic E-state index is 0.460. The summed E-state index contributed by atoms with van der Waals surface area (Å²) in [6, 6.07) is 0. The van der Waals surface area contributed by atoms with Crippen molar-refractivity contribution in [3.63, 3.8) is 0 Å². The Kier molecular flexibility index (Phi) is 5.23. The molecule has 0 spiro atoms. The Labute approximate surface area is 77.2 Å². The fourth-order valence-electron chi connectivity index (χ4n) is 1.10. The Hall–Kier alpha value is -0.300. The molecule has 0 saturated heterocycles. The SMILES string of the molecule is C/C=C(/CCC(C)(C)C)CNC. The highest BCUT2D eigenvalue weighted by atomic mass is 14.8. The molecule has 0 saturated carbocycles. The lowest BCUT2D eigenvalue weighted by molar-refractivity contribution is 0.376. The molecule has 72 valence electrons. The number of likely N-dealkylation sites (N-methyl/N-ethyl adjacent to an activating group) is 1. The van der Waals surface area contributed by atoms with Crippen LogP contribution in [0.3, 0.4) is 0 Å². The van der Waals surface area contributed by atoms with Gasteiger partial charge in [0.1, 0.15) is 0 Å². The summed E-state index contributed by atoms with van der Waals surface area (Å²) in [6.07, 6.45) is 4.72. The molecule has 1 N–H and O–H groups in total. The molecule has 0 aromatic carbocycles. The Morgan fingerprint density at radius 1 is 1.33 bits per heavy atom. The molecule has 0 fully saturated rings. The molecule has 0 aromatic rings. The summed E-state index contributed by atoms with van der Waals surface area (Å²) in [5, 5.41) is 3.19. The van der Waals surface area contributed by atoms with Crippen molar-refractivity contribution in [2.75, 3.05) is 13.6 Å².